The molecule has 8 heteroatoms. The molecule has 7 nitrogen and oxygen atoms in total. The lowest BCUT2D eigenvalue weighted by molar-refractivity contribution is -0.0639. The van der Waals surface area contributed by atoms with E-state index in [1.807, 2.05) is 62.3 Å². The fourth-order valence-corrected chi connectivity index (χ4v) is 5.32. The van der Waals surface area contributed by atoms with E-state index in [-0.39, 0.29) is 0 Å². The van der Waals surface area contributed by atoms with E-state index in [0.717, 1.165) is 19.5 Å². The highest BCUT2D eigenvalue weighted by molar-refractivity contribution is 7.55. The van der Waals surface area contributed by atoms with Crippen LogP contribution in [-0.2, 0) is 13.8 Å². The third kappa shape index (κ3) is 4.64. The standard InChI is InChI=1S/C17H33N4O3P/c1-8-17(9-2)14-21(12-13-23-17)25(22,24-16(3,4)5)18-15-19(6)10-11-20(15)7/h8H,1,9-14H2,2-7H3. The maximum Gasteiger partial charge on any atom is 0.393 e. The summed E-state index contributed by atoms with van der Waals surface area (Å²) in [5.74, 6) is 0.708. The minimum Gasteiger partial charge on any atom is -0.368 e. The van der Waals surface area contributed by atoms with Crippen LogP contribution in [0.15, 0.2) is 17.4 Å². The van der Waals surface area contributed by atoms with Crippen LogP contribution < -0.4 is 0 Å². The van der Waals surface area contributed by atoms with Gasteiger partial charge in [-0.05, 0) is 27.2 Å². The van der Waals surface area contributed by atoms with E-state index in [2.05, 4.69) is 11.3 Å². The molecule has 2 rings (SSSR count). The number of guanidine groups is 1. The van der Waals surface area contributed by atoms with Gasteiger partial charge in [-0.3, -0.25) is 4.52 Å². The Bertz CT molecular complexity index is 563. The van der Waals surface area contributed by atoms with Crippen LogP contribution in [0, 0.1) is 0 Å². The lowest BCUT2D eigenvalue weighted by Gasteiger charge is -2.43. The first-order chi connectivity index (χ1) is 11.5. The van der Waals surface area contributed by atoms with Crippen molar-refractivity contribution in [3.05, 3.63) is 12.7 Å². The van der Waals surface area contributed by atoms with Crippen LogP contribution in [0.1, 0.15) is 34.1 Å². The van der Waals surface area contributed by atoms with Gasteiger partial charge in [-0.2, -0.15) is 4.76 Å². The maximum absolute atomic E-state index is 13.9. The molecule has 0 aromatic heterocycles. The van der Waals surface area contributed by atoms with Crippen molar-refractivity contribution in [1.82, 2.24) is 14.5 Å². The summed E-state index contributed by atoms with van der Waals surface area (Å²) in [6.07, 6.45) is 2.57. The van der Waals surface area contributed by atoms with Crippen molar-refractivity contribution in [2.75, 3.05) is 46.9 Å². The van der Waals surface area contributed by atoms with Crippen molar-refractivity contribution >= 4 is 13.6 Å². The fourth-order valence-electron chi connectivity index (χ4n) is 3.04. The minimum atomic E-state index is -3.44. The first-order valence-electron chi connectivity index (χ1n) is 8.90. The van der Waals surface area contributed by atoms with E-state index in [4.69, 9.17) is 9.26 Å². The molecule has 0 aromatic carbocycles. The molecule has 0 aromatic rings. The number of ether oxygens (including phenoxy) is 1. The lowest BCUT2D eigenvalue weighted by Crippen LogP contribution is -2.49. The Morgan fingerprint density at radius 1 is 1.32 bits per heavy atom. The van der Waals surface area contributed by atoms with E-state index >= 15 is 0 Å². The number of likely N-dealkylation sites (N-methyl/N-ethyl adjacent to an activating group) is 2. The van der Waals surface area contributed by atoms with Gasteiger partial charge in [-0.25, -0.2) is 9.24 Å². The fraction of sp³-hybridized carbons (Fsp3) is 0.824. The third-order valence-corrected chi connectivity index (χ3v) is 6.85. The van der Waals surface area contributed by atoms with E-state index < -0.39 is 18.9 Å². The Balaban J connectivity index is 2.40. The van der Waals surface area contributed by atoms with Crippen molar-refractivity contribution < 1.29 is 13.8 Å². The Hall–Kier alpha value is -0.880. The van der Waals surface area contributed by atoms with E-state index in [9.17, 15) is 4.57 Å². The molecule has 2 heterocycles. The van der Waals surface area contributed by atoms with E-state index in [1.165, 1.54) is 0 Å². The lowest BCUT2D eigenvalue weighted by atomic mass is 10.00. The van der Waals surface area contributed by atoms with Crippen molar-refractivity contribution in [3.63, 3.8) is 0 Å². The molecular formula is C17H33N4O3P. The number of hydrogen-bond donors (Lipinski definition) is 0. The molecule has 0 spiro atoms. The van der Waals surface area contributed by atoms with Gasteiger partial charge in [0.25, 0.3) is 0 Å². The van der Waals surface area contributed by atoms with Gasteiger partial charge in [0.05, 0.1) is 17.8 Å². The van der Waals surface area contributed by atoms with Gasteiger partial charge in [0.1, 0.15) is 0 Å². The van der Waals surface area contributed by atoms with Crippen LogP contribution in [0.5, 0.6) is 0 Å². The molecule has 0 amide bonds. The van der Waals surface area contributed by atoms with Crippen LogP contribution >= 0.6 is 7.67 Å². The number of nitrogens with zero attached hydrogens (tertiary/aromatic N) is 4. The van der Waals surface area contributed by atoms with Crippen LogP contribution in [0.2, 0.25) is 0 Å². The Labute approximate surface area is 152 Å². The molecule has 0 saturated carbocycles. The van der Waals surface area contributed by atoms with Gasteiger partial charge in [-0.15, -0.1) is 6.58 Å². The molecular weight excluding hydrogens is 339 g/mol. The average molecular weight is 372 g/mol. The largest absolute Gasteiger partial charge is 0.393 e. The van der Waals surface area contributed by atoms with Gasteiger partial charge < -0.3 is 14.5 Å². The quantitative estimate of drug-likeness (QED) is 0.546. The summed E-state index contributed by atoms with van der Waals surface area (Å²) in [6.45, 7) is 14.9. The molecule has 0 bridgehead atoms. The number of hydrogen-bond acceptors (Lipinski definition) is 3. The molecule has 0 radical (unpaired) electrons. The second-order valence-corrected chi connectivity index (χ2v) is 9.73. The second-order valence-electron chi connectivity index (χ2n) is 7.80. The Morgan fingerprint density at radius 3 is 2.40 bits per heavy atom. The summed E-state index contributed by atoms with van der Waals surface area (Å²) >= 11 is 0. The molecule has 2 aliphatic heterocycles. The Morgan fingerprint density at radius 2 is 1.92 bits per heavy atom. The van der Waals surface area contributed by atoms with Gasteiger partial charge in [0, 0.05) is 40.3 Å². The summed E-state index contributed by atoms with van der Waals surface area (Å²) in [5, 5.41) is 0. The van der Waals surface area contributed by atoms with Crippen molar-refractivity contribution in [2.24, 2.45) is 4.76 Å². The van der Waals surface area contributed by atoms with Gasteiger partial charge in [0.2, 0.25) is 5.96 Å². The third-order valence-electron chi connectivity index (χ3n) is 4.58. The Kier molecular flexibility index (Phi) is 6.04. The van der Waals surface area contributed by atoms with E-state index in [0.29, 0.717) is 25.7 Å². The van der Waals surface area contributed by atoms with Gasteiger partial charge >= 0.3 is 7.67 Å². The highest BCUT2D eigenvalue weighted by Gasteiger charge is 2.44. The van der Waals surface area contributed by atoms with Crippen LogP contribution in [-0.4, -0.2) is 78.5 Å². The molecule has 2 fully saturated rings. The van der Waals surface area contributed by atoms with Crippen molar-refractivity contribution in [1.29, 1.82) is 0 Å². The summed E-state index contributed by atoms with van der Waals surface area (Å²) in [5.41, 5.74) is -1.08. The molecule has 25 heavy (non-hydrogen) atoms. The number of rotatable bonds is 5. The summed E-state index contributed by atoms with van der Waals surface area (Å²) in [4.78, 5) is 4.03. The van der Waals surface area contributed by atoms with Crippen LogP contribution in [0.3, 0.4) is 0 Å². The van der Waals surface area contributed by atoms with Crippen LogP contribution in [0.25, 0.3) is 0 Å². The van der Waals surface area contributed by atoms with Crippen molar-refractivity contribution in [3.8, 4) is 0 Å². The normalized spacial score (nSPS) is 28.2. The molecule has 0 aliphatic carbocycles. The zero-order valence-electron chi connectivity index (χ0n) is 16.5. The predicted octanol–water partition coefficient (Wildman–Crippen LogP) is 2.81. The smallest absolute Gasteiger partial charge is 0.368 e. The highest BCUT2D eigenvalue weighted by atomic mass is 31.2. The zero-order valence-corrected chi connectivity index (χ0v) is 17.4. The minimum absolute atomic E-state index is 0.463. The van der Waals surface area contributed by atoms with Crippen molar-refractivity contribution in [2.45, 2.75) is 45.3 Å². The topological polar surface area (TPSA) is 57.6 Å². The molecule has 2 saturated heterocycles. The molecule has 0 N–H and O–H groups in total. The zero-order chi connectivity index (χ0) is 18.9. The second kappa shape index (κ2) is 7.39. The maximum atomic E-state index is 13.9. The molecule has 2 atom stereocenters. The monoisotopic (exact) mass is 372 g/mol. The average Bonchev–Trinajstić information content (AvgIpc) is 2.85. The summed E-state index contributed by atoms with van der Waals surface area (Å²) < 4.78 is 32.4. The summed E-state index contributed by atoms with van der Waals surface area (Å²) in [7, 11) is 0.487. The van der Waals surface area contributed by atoms with Crippen LogP contribution in [0.4, 0.5) is 0 Å². The molecule has 2 unspecified atom stereocenters. The van der Waals surface area contributed by atoms with Gasteiger partial charge in [-0.1, -0.05) is 13.0 Å². The highest BCUT2D eigenvalue weighted by Crippen LogP contribution is 2.57. The summed E-state index contributed by atoms with van der Waals surface area (Å²) in [6, 6.07) is 0. The van der Waals surface area contributed by atoms with Gasteiger partial charge in [0.15, 0.2) is 0 Å². The molecule has 2 aliphatic rings. The SMILES string of the molecule is C=CC1(CC)CN(P(=O)(N=C2N(C)CCN2C)OC(C)(C)C)CCO1. The number of morpholine rings is 1. The predicted molar refractivity (Wildman–Crippen MR) is 102 cm³/mol. The molecule has 144 valence electrons. The first kappa shape index (κ1) is 20.4. The first-order valence-corrected chi connectivity index (χ1v) is 10.4. The van der Waals surface area contributed by atoms with E-state index in [1.54, 1.807) is 0 Å².